The zero-order valence-corrected chi connectivity index (χ0v) is 21.8. The maximum Gasteiger partial charge on any atom is 0.357 e. The molecule has 7 nitrogen and oxygen atoms in total. The predicted molar refractivity (Wildman–Crippen MR) is 139 cm³/mol. The van der Waals surface area contributed by atoms with Crippen LogP contribution in [0.4, 0.5) is 0 Å². The van der Waals surface area contributed by atoms with Crippen molar-refractivity contribution in [3.05, 3.63) is 76.9 Å². The third-order valence-electron chi connectivity index (χ3n) is 5.62. The van der Waals surface area contributed by atoms with Gasteiger partial charge in [-0.1, -0.05) is 55.8 Å². The Morgan fingerprint density at radius 3 is 2.36 bits per heavy atom. The first kappa shape index (κ1) is 27.1. The molecule has 0 radical (unpaired) electrons. The second kappa shape index (κ2) is 12.0. The van der Waals surface area contributed by atoms with E-state index in [2.05, 4.69) is 11.9 Å². The van der Waals surface area contributed by atoms with Crippen LogP contribution < -0.4 is 0 Å². The first-order chi connectivity index (χ1) is 17.2. The van der Waals surface area contributed by atoms with Crippen LogP contribution in [0.5, 0.6) is 0 Å². The third-order valence-corrected chi connectivity index (χ3v) is 5.62. The number of aromatic nitrogens is 2. The minimum Gasteiger partial charge on any atom is -0.461 e. The van der Waals surface area contributed by atoms with Crippen LogP contribution in [0.2, 0.25) is 0 Å². The molecule has 3 rings (SSSR count). The summed E-state index contributed by atoms with van der Waals surface area (Å²) in [5, 5.41) is 9.91. The van der Waals surface area contributed by atoms with Gasteiger partial charge in [-0.15, -0.1) is 0 Å². The van der Waals surface area contributed by atoms with Gasteiger partial charge in [0.2, 0.25) is 0 Å². The molecular formula is C29H36N2O5. The Morgan fingerprint density at radius 2 is 1.75 bits per heavy atom. The van der Waals surface area contributed by atoms with Crippen LogP contribution in [0.25, 0.3) is 11.1 Å². The van der Waals surface area contributed by atoms with Gasteiger partial charge in [-0.05, 0) is 56.9 Å². The number of imidazole rings is 1. The van der Waals surface area contributed by atoms with Gasteiger partial charge < -0.3 is 19.1 Å². The van der Waals surface area contributed by atoms with Gasteiger partial charge in [0.1, 0.15) is 11.4 Å². The zero-order valence-electron chi connectivity index (χ0n) is 21.8. The van der Waals surface area contributed by atoms with Gasteiger partial charge in [0.25, 0.3) is 0 Å². The lowest BCUT2D eigenvalue weighted by Crippen LogP contribution is -2.24. The lowest BCUT2D eigenvalue weighted by molar-refractivity contribution is 0.00700. The Hall–Kier alpha value is -3.45. The summed E-state index contributed by atoms with van der Waals surface area (Å²) in [6, 6.07) is 15.3. The van der Waals surface area contributed by atoms with Gasteiger partial charge in [-0.25, -0.2) is 14.6 Å². The molecular weight excluding hydrogens is 456 g/mol. The van der Waals surface area contributed by atoms with E-state index >= 15 is 0 Å². The average Bonchev–Trinajstić information content (AvgIpc) is 3.19. The van der Waals surface area contributed by atoms with Gasteiger partial charge in [-0.2, -0.15) is 0 Å². The van der Waals surface area contributed by atoms with Gasteiger partial charge >= 0.3 is 11.9 Å². The second-order valence-electron chi connectivity index (χ2n) is 9.64. The Labute approximate surface area is 213 Å². The second-order valence-corrected chi connectivity index (χ2v) is 9.64. The topological polar surface area (TPSA) is 90.6 Å². The van der Waals surface area contributed by atoms with Crippen LogP contribution in [0.3, 0.4) is 0 Å². The fourth-order valence-corrected chi connectivity index (χ4v) is 4.03. The number of carbonyl (C=O) groups is 2. The van der Waals surface area contributed by atoms with E-state index in [1.165, 1.54) is 0 Å². The number of rotatable bonds is 10. The van der Waals surface area contributed by atoms with E-state index in [0.717, 1.165) is 29.5 Å². The summed E-state index contributed by atoms with van der Waals surface area (Å²) >= 11 is 0. The number of ether oxygens (including phenoxy) is 2. The van der Waals surface area contributed by atoms with Crippen LogP contribution in [0.15, 0.2) is 48.5 Å². The standard InChI is InChI=1S/C29H36N2O5/c1-6-8-14-25-30-24(19-32)26(28(34)35-7-2)31(25)18-20-15-16-22(21-12-10-9-11-13-21)23(17-20)27(33)36-29(3,4)5/h9-13,15-17,32H,6-8,14,18-19H2,1-5H3. The Bertz CT molecular complexity index is 1190. The molecule has 0 unspecified atom stereocenters. The van der Waals surface area contributed by atoms with Crippen molar-refractivity contribution in [3.63, 3.8) is 0 Å². The van der Waals surface area contributed by atoms with Crippen LogP contribution in [-0.2, 0) is 29.0 Å². The smallest absolute Gasteiger partial charge is 0.357 e. The van der Waals surface area contributed by atoms with E-state index in [-0.39, 0.29) is 18.9 Å². The molecule has 3 aromatic rings. The van der Waals surface area contributed by atoms with E-state index in [1.54, 1.807) is 11.5 Å². The minimum absolute atomic E-state index is 0.216. The first-order valence-corrected chi connectivity index (χ1v) is 12.5. The Morgan fingerprint density at radius 1 is 1.03 bits per heavy atom. The fourth-order valence-electron chi connectivity index (χ4n) is 4.03. The molecule has 1 N–H and O–H groups in total. The molecule has 1 heterocycles. The normalized spacial score (nSPS) is 11.4. The van der Waals surface area contributed by atoms with E-state index < -0.39 is 17.5 Å². The maximum atomic E-state index is 13.2. The molecule has 0 aliphatic heterocycles. The quantitative estimate of drug-likeness (QED) is 0.372. The van der Waals surface area contributed by atoms with Crippen molar-refractivity contribution in [3.8, 4) is 11.1 Å². The molecule has 0 amide bonds. The molecule has 0 aliphatic rings. The molecule has 0 saturated heterocycles. The number of unbranched alkanes of at least 4 members (excludes halogenated alkanes) is 1. The number of nitrogens with zero attached hydrogens (tertiary/aromatic N) is 2. The lowest BCUT2D eigenvalue weighted by atomic mass is 9.97. The molecule has 36 heavy (non-hydrogen) atoms. The first-order valence-electron chi connectivity index (χ1n) is 12.5. The van der Waals surface area contributed by atoms with E-state index in [9.17, 15) is 14.7 Å². The van der Waals surface area contributed by atoms with Crippen molar-refractivity contribution in [2.24, 2.45) is 0 Å². The Kier molecular flexibility index (Phi) is 9.04. The molecule has 0 spiro atoms. The molecule has 0 fully saturated rings. The van der Waals surface area contributed by atoms with Crippen LogP contribution in [-0.4, -0.2) is 38.8 Å². The number of carbonyl (C=O) groups excluding carboxylic acids is 2. The Balaban J connectivity index is 2.11. The summed E-state index contributed by atoms with van der Waals surface area (Å²) in [7, 11) is 0. The summed E-state index contributed by atoms with van der Waals surface area (Å²) in [5.41, 5.74) is 2.83. The van der Waals surface area contributed by atoms with Gasteiger partial charge in [0.05, 0.1) is 24.5 Å². The SMILES string of the molecule is CCCCc1nc(CO)c(C(=O)OCC)n1Cc1ccc(-c2ccccc2)c(C(=O)OC(C)(C)C)c1. The van der Waals surface area contributed by atoms with Gasteiger partial charge in [0.15, 0.2) is 5.69 Å². The van der Waals surface area contributed by atoms with Crippen molar-refractivity contribution < 1.29 is 24.2 Å². The number of aliphatic hydroxyl groups excluding tert-OH is 1. The molecule has 1 aromatic heterocycles. The molecule has 0 bridgehead atoms. The van der Waals surface area contributed by atoms with Crippen molar-refractivity contribution in [2.45, 2.75) is 72.6 Å². The number of aliphatic hydroxyl groups is 1. The fraction of sp³-hybridized carbons (Fsp3) is 0.414. The van der Waals surface area contributed by atoms with Crippen molar-refractivity contribution in [1.29, 1.82) is 0 Å². The average molecular weight is 493 g/mol. The molecule has 192 valence electrons. The van der Waals surface area contributed by atoms with Gasteiger partial charge in [0, 0.05) is 13.0 Å². The molecule has 0 aliphatic carbocycles. The summed E-state index contributed by atoms with van der Waals surface area (Å²) in [5.74, 6) is -0.235. The number of aryl methyl sites for hydroxylation is 1. The zero-order chi connectivity index (χ0) is 26.3. The van der Waals surface area contributed by atoms with Crippen molar-refractivity contribution >= 4 is 11.9 Å². The number of hydrogen-bond acceptors (Lipinski definition) is 6. The maximum absolute atomic E-state index is 13.2. The highest BCUT2D eigenvalue weighted by Crippen LogP contribution is 2.28. The van der Waals surface area contributed by atoms with E-state index in [0.29, 0.717) is 30.0 Å². The van der Waals surface area contributed by atoms with Crippen LogP contribution >= 0.6 is 0 Å². The van der Waals surface area contributed by atoms with Crippen LogP contribution in [0.1, 0.15) is 85.4 Å². The summed E-state index contributed by atoms with van der Waals surface area (Å²) in [6.07, 6.45) is 2.51. The summed E-state index contributed by atoms with van der Waals surface area (Å²) < 4.78 is 12.8. The summed E-state index contributed by atoms with van der Waals surface area (Å²) in [4.78, 5) is 30.6. The predicted octanol–water partition coefficient (Wildman–Crippen LogP) is 5.57. The van der Waals surface area contributed by atoms with E-state index in [4.69, 9.17) is 9.47 Å². The van der Waals surface area contributed by atoms with Crippen molar-refractivity contribution in [1.82, 2.24) is 9.55 Å². The highest BCUT2D eigenvalue weighted by Gasteiger charge is 2.25. The third kappa shape index (κ3) is 6.61. The minimum atomic E-state index is -0.647. The van der Waals surface area contributed by atoms with Crippen molar-refractivity contribution in [2.75, 3.05) is 6.61 Å². The number of benzene rings is 2. The number of hydrogen-bond donors (Lipinski definition) is 1. The summed E-state index contributed by atoms with van der Waals surface area (Å²) in [6.45, 7) is 9.49. The molecule has 0 saturated carbocycles. The molecule has 0 atom stereocenters. The highest BCUT2D eigenvalue weighted by molar-refractivity contribution is 5.97. The molecule has 2 aromatic carbocycles. The highest BCUT2D eigenvalue weighted by atomic mass is 16.6. The number of esters is 2. The lowest BCUT2D eigenvalue weighted by Gasteiger charge is -2.21. The van der Waals surface area contributed by atoms with Gasteiger partial charge in [-0.3, -0.25) is 0 Å². The monoisotopic (exact) mass is 492 g/mol. The van der Waals surface area contributed by atoms with E-state index in [1.807, 2.05) is 69.3 Å². The van der Waals surface area contributed by atoms with Crippen LogP contribution in [0, 0.1) is 0 Å². The largest absolute Gasteiger partial charge is 0.461 e. The molecule has 7 heteroatoms.